The first-order valence-electron chi connectivity index (χ1n) is 6.33. The van der Waals surface area contributed by atoms with Crippen molar-refractivity contribution in [2.75, 3.05) is 25.7 Å². The van der Waals surface area contributed by atoms with E-state index < -0.39 is 9.84 Å². The van der Waals surface area contributed by atoms with Crippen molar-refractivity contribution in [3.05, 3.63) is 22.2 Å². The smallest absolute Gasteiger partial charge is 0.175 e. The Balaban J connectivity index is 2.23. The fraction of sp³-hybridized carbons (Fsp3) is 0.538. The zero-order valence-corrected chi connectivity index (χ0v) is 13.9. The van der Waals surface area contributed by atoms with Crippen LogP contribution in [0.2, 0.25) is 0 Å². The first kappa shape index (κ1) is 15.6. The van der Waals surface area contributed by atoms with E-state index >= 15 is 0 Å². The van der Waals surface area contributed by atoms with E-state index in [1.165, 1.54) is 0 Å². The lowest BCUT2D eigenvalue weighted by Gasteiger charge is -2.17. The number of rotatable bonds is 5. The zero-order chi connectivity index (χ0) is 14.8. The summed E-state index contributed by atoms with van der Waals surface area (Å²) in [6.45, 7) is 0.715. The molecule has 1 aliphatic rings. The molecule has 0 spiro atoms. The Morgan fingerprint density at radius 1 is 1.45 bits per heavy atom. The van der Waals surface area contributed by atoms with Crippen LogP contribution in [-0.2, 0) is 16.4 Å². The largest absolute Gasteiger partial charge is 0.493 e. The molecule has 0 bridgehead atoms. The van der Waals surface area contributed by atoms with Crippen molar-refractivity contribution in [1.82, 2.24) is 5.32 Å². The molecular weight excluding hydrogens is 346 g/mol. The molecular formula is C13H18BrNO4S. The van der Waals surface area contributed by atoms with Gasteiger partial charge in [-0.2, -0.15) is 0 Å². The quantitative estimate of drug-likeness (QED) is 0.862. The molecule has 5 nitrogen and oxygen atoms in total. The summed E-state index contributed by atoms with van der Waals surface area (Å²) in [4.78, 5) is 0. The van der Waals surface area contributed by atoms with E-state index in [4.69, 9.17) is 9.47 Å². The number of hydrogen-bond acceptors (Lipinski definition) is 5. The second-order valence-corrected chi connectivity index (χ2v) is 7.87. The molecule has 1 aliphatic heterocycles. The van der Waals surface area contributed by atoms with Crippen LogP contribution in [0, 0.1) is 0 Å². The Kier molecular flexibility index (Phi) is 4.93. The van der Waals surface area contributed by atoms with Gasteiger partial charge in [0.05, 0.1) is 23.1 Å². The van der Waals surface area contributed by atoms with Gasteiger partial charge in [0.25, 0.3) is 0 Å². The molecule has 0 amide bonds. The Morgan fingerprint density at radius 3 is 2.75 bits per heavy atom. The van der Waals surface area contributed by atoms with Crippen LogP contribution in [0.3, 0.4) is 0 Å². The van der Waals surface area contributed by atoms with E-state index in [9.17, 15) is 8.42 Å². The number of ether oxygens (including phenoxy) is 2. The van der Waals surface area contributed by atoms with Crippen LogP contribution >= 0.6 is 15.9 Å². The summed E-state index contributed by atoms with van der Waals surface area (Å²) in [6.07, 6.45) is 0.219. The molecule has 112 valence electrons. The van der Waals surface area contributed by atoms with Gasteiger partial charge >= 0.3 is 0 Å². The summed E-state index contributed by atoms with van der Waals surface area (Å²) in [5, 5.41) is 3.07. The minimum absolute atomic E-state index is 0.0703. The van der Waals surface area contributed by atoms with Gasteiger partial charge in [0.15, 0.2) is 21.3 Å². The van der Waals surface area contributed by atoms with Crippen LogP contribution in [0.5, 0.6) is 11.5 Å². The third kappa shape index (κ3) is 3.65. The van der Waals surface area contributed by atoms with E-state index in [1.807, 2.05) is 19.2 Å². The molecule has 0 saturated carbocycles. The summed E-state index contributed by atoms with van der Waals surface area (Å²) in [5.41, 5.74) is 1.06. The van der Waals surface area contributed by atoms with Crippen molar-refractivity contribution in [2.45, 2.75) is 19.1 Å². The molecule has 1 saturated heterocycles. The molecule has 1 aromatic rings. The van der Waals surface area contributed by atoms with Crippen molar-refractivity contribution < 1.29 is 17.9 Å². The predicted octanol–water partition coefficient (Wildman–Crippen LogP) is 1.74. The number of benzene rings is 1. The highest BCUT2D eigenvalue weighted by molar-refractivity contribution is 9.10. The first-order valence-corrected chi connectivity index (χ1v) is 8.94. The SMILES string of the molecule is CNCc1cc(Br)c(OC2CCS(=O)(=O)C2)c(OC)c1. The van der Waals surface area contributed by atoms with E-state index in [-0.39, 0.29) is 17.6 Å². The second kappa shape index (κ2) is 6.32. The maximum Gasteiger partial charge on any atom is 0.175 e. The van der Waals surface area contributed by atoms with Gasteiger partial charge in [-0.3, -0.25) is 0 Å². The molecule has 0 radical (unpaired) electrons. The maximum atomic E-state index is 11.5. The molecule has 20 heavy (non-hydrogen) atoms. The van der Waals surface area contributed by atoms with Gasteiger partial charge in [0.1, 0.15) is 6.10 Å². The van der Waals surface area contributed by atoms with Crippen molar-refractivity contribution in [1.29, 1.82) is 0 Å². The molecule has 0 aromatic heterocycles. The average molecular weight is 364 g/mol. The highest BCUT2D eigenvalue weighted by Crippen LogP contribution is 2.38. The average Bonchev–Trinajstić information content (AvgIpc) is 2.72. The summed E-state index contributed by atoms with van der Waals surface area (Å²) in [7, 11) is 0.486. The minimum Gasteiger partial charge on any atom is -0.493 e. The summed E-state index contributed by atoms with van der Waals surface area (Å²) in [6, 6.07) is 3.83. The topological polar surface area (TPSA) is 64.6 Å². The van der Waals surface area contributed by atoms with Crippen LogP contribution in [0.15, 0.2) is 16.6 Å². The molecule has 1 N–H and O–H groups in total. The predicted molar refractivity (Wildman–Crippen MR) is 81.1 cm³/mol. The molecule has 1 fully saturated rings. The van der Waals surface area contributed by atoms with Gasteiger partial charge in [-0.15, -0.1) is 0 Å². The lowest BCUT2D eigenvalue weighted by molar-refractivity contribution is 0.216. The van der Waals surface area contributed by atoms with E-state index in [1.54, 1.807) is 7.11 Å². The fourth-order valence-corrected chi connectivity index (χ4v) is 4.39. The Hall–Kier alpha value is -0.790. The molecule has 0 aliphatic carbocycles. The van der Waals surface area contributed by atoms with Crippen LogP contribution in [-0.4, -0.2) is 40.2 Å². The lowest BCUT2D eigenvalue weighted by atomic mass is 10.2. The van der Waals surface area contributed by atoms with Crippen molar-refractivity contribution in [2.24, 2.45) is 0 Å². The number of sulfone groups is 1. The van der Waals surface area contributed by atoms with Crippen molar-refractivity contribution in [3.63, 3.8) is 0 Å². The Morgan fingerprint density at radius 2 is 2.20 bits per heavy atom. The summed E-state index contributed by atoms with van der Waals surface area (Å²) < 4.78 is 34.9. The Bertz CT molecular complexity index is 588. The fourth-order valence-electron chi connectivity index (χ4n) is 2.21. The van der Waals surface area contributed by atoms with Crippen LogP contribution in [0.25, 0.3) is 0 Å². The summed E-state index contributed by atoms with van der Waals surface area (Å²) >= 11 is 3.46. The minimum atomic E-state index is -2.96. The standard InChI is InChI=1S/C13H18BrNO4S/c1-15-7-9-5-11(14)13(12(6-9)18-2)19-10-3-4-20(16,17)8-10/h5-6,10,15H,3-4,7-8H2,1-2H3. The van der Waals surface area contributed by atoms with Crippen molar-refractivity contribution in [3.8, 4) is 11.5 Å². The third-order valence-electron chi connectivity index (χ3n) is 3.15. The van der Waals surface area contributed by atoms with Crippen LogP contribution in [0.4, 0.5) is 0 Å². The van der Waals surface area contributed by atoms with Gasteiger partial charge in [0.2, 0.25) is 0 Å². The van der Waals surface area contributed by atoms with Gasteiger partial charge in [0, 0.05) is 6.54 Å². The monoisotopic (exact) mass is 363 g/mol. The molecule has 1 heterocycles. The molecule has 1 atom stereocenters. The molecule has 1 unspecified atom stereocenters. The normalized spacial score (nSPS) is 20.9. The van der Waals surface area contributed by atoms with Gasteiger partial charge < -0.3 is 14.8 Å². The van der Waals surface area contributed by atoms with Crippen LogP contribution < -0.4 is 14.8 Å². The van der Waals surface area contributed by atoms with Crippen LogP contribution in [0.1, 0.15) is 12.0 Å². The van der Waals surface area contributed by atoms with Gasteiger partial charge in [-0.05, 0) is 47.1 Å². The molecule has 2 rings (SSSR count). The lowest BCUT2D eigenvalue weighted by Crippen LogP contribution is -2.18. The number of hydrogen-bond donors (Lipinski definition) is 1. The zero-order valence-electron chi connectivity index (χ0n) is 11.5. The Labute approximate surface area is 127 Å². The van der Waals surface area contributed by atoms with Gasteiger partial charge in [-0.1, -0.05) is 0 Å². The van der Waals surface area contributed by atoms with Gasteiger partial charge in [-0.25, -0.2) is 8.42 Å². The number of halogens is 1. The third-order valence-corrected chi connectivity index (χ3v) is 5.47. The number of methoxy groups -OCH3 is 1. The summed E-state index contributed by atoms with van der Waals surface area (Å²) in [5.74, 6) is 1.43. The van der Waals surface area contributed by atoms with Crippen molar-refractivity contribution >= 4 is 25.8 Å². The highest BCUT2D eigenvalue weighted by Gasteiger charge is 2.30. The highest BCUT2D eigenvalue weighted by atomic mass is 79.9. The maximum absolute atomic E-state index is 11.5. The second-order valence-electron chi connectivity index (χ2n) is 4.78. The molecule has 1 aromatic carbocycles. The first-order chi connectivity index (χ1) is 9.45. The van der Waals surface area contributed by atoms with E-state index in [0.717, 1.165) is 10.0 Å². The molecule has 7 heteroatoms. The van der Waals surface area contributed by atoms with E-state index in [0.29, 0.717) is 24.5 Å². The number of nitrogens with one attached hydrogen (secondary N) is 1. The van der Waals surface area contributed by atoms with E-state index in [2.05, 4.69) is 21.2 Å².